The molecule has 1 aromatic carbocycles. The lowest BCUT2D eigenvalue weighted by atomic mass is 10.0. The summed E-state index contributed by atoms with van der Waals surface area (Å²) in [5, 5.41) is 3.30. The zero-order valence-corrected chi connectivity index (χ0v) is 16.9. The number of nitrogens with one attached hydrogen (secondary N) is 1. The Morgan fingerprint density at radius 2 is 1.77 bits per heavy atom. The first kappa shape index (κ1) is 22.2. The van der Waals surface area contributed by atoms with Gasteiger partial charge in [-0.25, -0.2) is 0 Å². The van der Waals surface area contributed by atoms with Gasteiger partial charge in [0.25, 0.3) is 5.91 Å². The van der Waals surface area contributed by atoms with Crippen LogP contribution in [0, 0.1) is 0 Å². The maximum Gasteiger partial charge on any atom is 0.255 e. The Bertz CT molecular complexity index is 716. The average molecular weight is 397 g/mol. The normalized spacial score (nSPS) is 15.6. The number of hydrogen-bond acceptors (Lipinski definition) is 4. The zero-order valence-electron chi connectivity index (χ0n) is 15.3. The summed E-state index contributed by atoms with van der Waals surface area (Å²) in [5.74, 6) is 0.0305. The maximum atomic E-state index is 12.7. The van der Waals surface area contributed by atoms with Gasteiger partial charge in [-0.15, -0.1) is 24.8 Å². The summed E-state index contributed by atoms with van der Waals surface area (Å²) in [6.45, 7) is 1.83. The van der Waals surface area contributed by atoms with E-state index >= 15 is 0 Å². The van der Waals surface area contributed by atoms with Crippen molar-refractivity contribution in [3.8, 4) is 11.1 Å². The van der Waals surface area contributed by atoms with Crippen molar-refractivity contribution in [1.29, 1.82) is 0 Å². The molecule has 0 aliphatic carbocycles. The van der Waals surface area contributed by atoms with Crippen LogP contribution in [0.4, 0.5) is 5.69 Å². The summed E-state index contributed by atoms with van der Waals surface area (Å²) in [4.78, 5) is 20.9. The highest BCUT2D eigenvalue weighted by Gasteiger charge is 2.24. The number of aromatic nitrogens is 1. The van der Waals surface area contributed by atoms with Crippen LogP contribution in [0.1, 0.15) is 16.8 Å². The minimum atomic E-state index is 0. The lowest BCUT2D eigenvalue weighted by Crippen LogP contribution is -2.38. The van der Waals surface area contributed by atoms with E-state index in [2.05, 4.69) is 39.5 Å². The standard InChI is InChI=1S/C19H24N4O.2ClH/c1-22(2)17-6-4-14(5-7-17)15-10-16(12-21-11-15)19(24)23(3)18-8-9-20-13-18;;/h4-7,10-12,18,20H,8-9,13H2,1-3H3;2*1H. The maximum absolute atomic E-state index is 12.7. The van der Waals surface area contributed by atoms with Gasteiger partial charge in [0.1, 0.15) is 0 Å². The number of carbonyl (C=O) groups is 1. The fourth-order valence-corrected chi connectivity index (χ4v) is 3.01. The van der Waals surface area contributed by atoms with Crippen LogP contribution in [0.15, 0.2) is 42.7 Å². The molecule has 3 rings (SSSR count). The van der Waals surface area contributed by atoms with Crippen molar-refractivity contribution in [2.24, 2.45) is 0 Å². The summed E-state index contributed by atoms with van der Waals surface area (Å²) in [6.07, 6.45) is 4.46. The molecule has 7 heteroatoms. The van der Waals surface area contributed by atoms with Gasteiger partial charge < -0.3 is 15.1 Å². The second-order valence-electron chi connectivity index (χ2n) is 6.47. The van der Waals surface area contributed by atoms with E-state index in [0.29, 0.717) is 5.56 Å². The Morgan fingerprint density at radius 3 is 2.35 bits per heavy atom. The van der Waals surface area contributed by atoms with E-state index in [1.807, 2.05) is 32.1 Å². The molecule has 1 amide bonds. The molecule has 1 atom stereocenters. The van der Waals surface area contributed by atoms with Crippen LogP contribution in [0.3, 0.4) is 0 Å². The van der Waals surface area contributed by atoms with E-state index in [4.69, 9.17) is 0 Å². The molecule has 1 aliphatic rings. The third-order valence-corrected chi connectivity index (χ3v) is 4.60. The molecule has 1 N–H and O–H groups in total. The van der Waals surface area contributed by atoms with E-state index in [-0.39, 0.29) is 36.8 Å². The van der Waals surface area contributed by atoms with Crippen molar-refractivity contribution in [1.82, 2.24) is 15.2 Å². The first-order valence-electron chi connectivity index (χ1n) is 8.27. The number of amides is 1. The lowest BCUT2D eigenvalue weighted by molar-refractivity contribution is 0.0743. The van der Waals surface area contributed by atoms with Crippen LogP contribution in [-0.4, -0.2) is 56.1 Å². The van der Waals surface area contributed by atoms with Crippen LogP contribution in [-0.2, 0) is 0 Å². The minimum absolute atomic E-state index is 0. The van der Waals surface area contributed by atoms with Crippen molar-refractivity contribution in [2.75, 3.05) is 39.1 Å². The fraction of sp³-hybridized carbons (Fsp3) is 0.368. The van der Waals surface area contributed by atoms with E-state index in [1.165, 1.54) is 0 Å². The van der Waals surface area contributed by atoms with Crippen molar-refractivity contribution in [3.63, 3.8) is 0 Å². The molecular formula is C19H26Cl2N4O. The smallest absolute Gasteiger partial charge is 0.255 e. The average Bonchev–Trinajstić information content (AvgIpc) is 3.15. The summed E-state index contributed by atoms with van der Waals surface area (Å²) in [6, 6.07) is 10.5. The molecule has 5 nitrogen and oxygen atoms in total. The van der Waals surface area contributed by atoms with E-state index in [0.717, 1.165) is 36.3 Å². The van der Waals surface area contributed by atoms with Gasteiger partial charge in [-0.2, -0.15) is 0 Å². The Kier molecular flexibility index (Phi) is 8.34. The van der Waals surface area contributed by atoms with Crippen molar-refractivity contribution in [3.05, 3.63) is 48.3 Å². The van der Waals surface area contributed by atoms with Gasteiger partial charge in [0.05, 0.1) is 5.56 Å². The SMILES string of the molecule is CN(C)c1ccc(-c2cncc(C(=O)N(C)C3CCNC3)c2)cc1.Cl.Cl. The van der Waals surface area contributed by atoms with Crippen molar-refractivity contribution < 1.29 is 4.79 Å². The van der Waals surface area contributed by atoms with Crippen LogP contribution in [0.5, 0.6) is 0 Å². The molecule has 26 heavy (non-hydrogen) atoms. The van der Waals surface area contributed by atoms with Gasteiger partial charge in [-0.3, -0.25) is 9.78 Å². The number of anilines is 1. The van der Waals surface area contributed by atoms with Crippen molar-refractivity contribution in [2.45, 2.75) is 12.5 Å². The van der Waals surface area contributed by atoms with E-state index in [1.54, 1.807) is 12.4 Å². The van der Waals surface area contributed by atoms with Gasteiger partial charge in [0.15, 0.2) is 0 Å². The number of halogens is 2. The molecule has 2 heterocycles. The number of likely N-dealkylation sites (N-methyl/N-ethyl adjacent to an activating group) is 1. The molecule has 1 fully saturated rings. The van der Waals surface area contributed by atoms with Gasteiger partial charge in [0.2, 0.25) is 0 Å². The van der Waals surface area contributed by atoms with Crippen LogP contribution >= 0.6 is 24.8 Å². The van der Waals surface area contributed by atoms with E-state index in [9.17, 15) is 4.79 Å². The molecule has 0 radical (unpaired) electrons. The second-order valence-corrected chi connectivity index (χ2v) is 6.47. The monoisotopic (exact) mass is 396 g/mol. The van der Waals surface area contributed by atoms with Crippen LogP contribution in [0.25, 0.3) is 11.1 Å². The summed E-state index contributed by atoms with van der Waals surface area (Å²) >= 11 is 0. The van der Waals surface area contributed by atoms with Crippen LogP contribution < -0.4 is 10.2 Å². The molecular weight excluding hydrogens is 371 g/mol. The van der Waals surface area contributed by atoms with Crippen LogP contribution in [0.2, 0.25) is 0 Å². The molecule has 1 aromatic heterocycles. The quantitative estimate of drug-likeness (QED) is 0.862. The minimum Gasteiger partial charge on any atom is -0.378 e. The van der Waals surface area contributed by atoms with E-state index < -0.39 is 0 Å². The fourth-order valence-electron chi connectivity index (χ4n) is 3.01. The van der Waals surface area contributed by atoms with Gasteiger partial charge in [-0.05, 0) is 36.7 Å². The lowest BCUT2D eigenvalue weighted by Gasteiger charge is -2.23. The number of nitrogens with zero attached hydrogens (tertiary/aromatic N) is 3. The molecule has 1 aliphatic heterocycles. The number of pyridine rings is 1. The Balaban J connectivity index is 0.00000169. The first-order chi connectivity index (χ1) is 11.6. The second kappa shape index (κ2) is 9.76. The summed E-state index contributed by atoms with van der Waals surface area (Å²) in [5.41, 5.74) is 3.81. The highest BCUT2D eigenvalue weighted by atomic mass is 35.5. The highest BCUT2D eigenvalue weighted by Crippen LogP contribution is 2.23. The first-order valence-corrected chi connectivity index (χ1v) is 8.27. The van der Waals surface area contributed by atoms with Crippen molar-refractivity contribution >= 4 is 36.4 Å². The number of benzene rings is 1. The predicted octanol–water partition coefficient (Wildman–Crippen LogP) is 3.09. The zero-order chi connectivity index (χ0) is 17.1. The largest absolute Gasteiger partial charge is 0.378 e. The summed E-state index contributed by atoms with van der Waals surface area (Å²) in [7, 11) is 5.91. The Labute approximate surface area is 167 Å². The third-order valence-electron chi connectivity index (χ3n) is 4.60. The number of rotatable bonds is 4. The Hall–Kier alpha value is -1.82. The number of carbonyl (C=O) groups excluding carboxylic acids is 1. The Morgan fingerprint density at radius 1 is 1.08 bits per heavy atom. The van der Waals surface area contributed by atoms with Gasteiger partial charge in [0, 0.05) is 57.4 Å². The predicted molar refractivity (Wildman–Crippen MR) is 112 cm³/mol. The molecule has 1 saturated heterocycles. The summed E-state index contributed by atoms with van der Waals surface area (Å²) < 4.78 is 0. The van der Waals surface area contributed by atoms with Gasteiger partial charge >= 0.3 is 0 Å². The highest BCUT2D eigenvalue weighted by molar-refractivity contribution is 5.95. The molecule has 0 spiro atoms. The molecule has 0 saturated carbocycles. The van der Waals surface area contributed by atoms with Gasteiger partial charge in [-0.1, -0.05) is 12.1 Å². The molecule has 142 valence electrons. The third kappa shape index (κ3) is 4.87. The number of hydrogen-bond donors (Lipinski definition) is 1. The molecule has 0 bridgehead atoms. The molecule has 2 aromatic rings. The topological polar surface area (TPSA) is 48.5 Å². The molecule has 1 unspecified atom stereocenters.